The van der Waals surface area contributed by atoms with E-state index in [0.717, 1.165) is 16.7 Å². The van der Waals surface area contributed by atoms with Crippen LogP contribution in [0.1, 0.15) is 16.7 Å². The molecule has 6 heteroatoms. The molecule has 0 aliphatic rings. The molecule has 4 nitrogen and oxygen atoms in total. The van der Waals surface area contributed by atoms with Crippen molar-refractivity contribution in [3.63, 3.8) is 0 Å². The summed E-state index contributed by atoms with van der Waals surface area (Å²) in [7, 11) is -3.61. The molecule has 0 bridgehead atoms. The number of sulfonamides is 1. The van der Waals surface area contributed by atoms with Gasteiger partial charge in [0.1, 0.15) is 4.60 Å². The molecule has 106 valence electrons. The zero-order valence-electron chi connectivity index (χ0n) is 11.4. The number of anilines is 1. The lowest BCUT2D eigenvalue weighted by Gasteiger charge is -2.13. The van der Waals surface area contributed by atoms with Crippen molar-refractivity contribution in [2.75, 3.05) is 4.72 Å². The third-order valence-corrected chi connectivity index (χ3v) is 5.01. The van der Waals surface area contributed by atoms with Crippen LogP contribution in [-0.4, -0.2) is 13.4 Å². The van der Waals surface area contributed by atoms with Crippen LogP contribution in [0.2, 0.25) is 0 Å². The SMILES string of the molecule is Cc1cc(C)c(S(=O)(=O)Nc2ccc(Br)nc2)c(C)c1. The van der Waals surface area contributed by atoms with Gasteiger partial charge < -0.3 is 0 Å². The van der Waals surface area contributed by atoms with E-state index in [4.69, 9.17) is 0 Å². The molecule has 0 unspecified atom stereocenters. The van der Waals surface area contributed by atoms with Gasteiger partial charge in [-0.1, -0.05) is 17.7 Å². The number of hydrogen-bond donors (Lipinski definition) is 1. The van der Waals surface area contributed by atoms with E-state index < -0.39 is 10.0 Å². The normalized spacial score (nSPS) is 11.4. The summed E-state index contributed by atoms with van der Waals surface area (Å²) in [5.41, 5.74) is 2.96. The summed E-state index contributed by atoms with van der Waals surface area (Å²) in [6.45, 7) is 5.55. The predicted molar refractivity (Wildman–Crippen MR) is 83.4 cm³/mol. The molecule has 0 spiro atoms. The van der Waals surface area contributed by atoms with Gasteiger partial charge in [0.15, 0.2) is 0 Å². The molecule has 0 radical (unpaired) electrons. The van der Waals surface area contributed by atoms with Gasteiger partial charge >= 0.3 is 0 Å². The molecule has 0 fully saturated rings. The Bertz CT molecular complexity index is 717. The van der Waals surface area contributed by atoms with E-state index in [-0.39, 0.29) is 0 Å². The molecule has 0 atom stereocenters. The zero-order valence-corrected chi connectivity index (χ0v) is 13.8. The van der Waals surface area contributed by atoms with E-state index in [1.165, 1.54) is 6.20 Å². The second-order valence-corrected chi connectivity index (χ2v) is 7.13. The minimum atomic E-state index is -3.61. The van der Waals surface area contributed by atoms with Crippen LogP contribution in [0.25, 0.3) is 0 Å². The molecule has 0 saturated heterocycles. The van der Waals surface area contributed by atoms with Crippen LogP contribution in [0.15, 0.2) is 40.0 Å². The summed E-state index contributed by atoms with van der Waals surface area (Å²) in [6.07, 6.45) is 1.47. The fourth-order valence-corrected chi connectivity index (χ4v) is 3.97. The van der Waals surface area contributed by atoms with Gasteiger partial charge in [-0.25, -0.2) is 13.4 Å². The van der Waals surface area contributed by atoms with Gasteiger partial charge in [-0.3, -0.25) is 4.72 Å². The highest BCUT2D eigenvalue weighted by Crippen LogP contribution is 2.24. The molecule has 1 N–H and O–H groups in total. The minimum absolute atomic E-state index is 0.325. The third-order valence-electron chi connectivity index (χ3n) is 2.85. The van der Waals surface area contributed by atoms with Crippen LogP contribution in [0, 0.1) is 20.8 Å². The molecule has 0 aliphatic carbocycles. The van der Waals surface area contributed by atoms with E-state index in [1.807, 2.05) is 19.1 Å². The largest absolute Gasteiger partial charge is 0.278 e. The maximum atomic E-state index is 12.5. The minimum Gasteiger partial charge on any atom is -0.278 e. The highest BCUT2D eigenvalue weighted by molar-refractivity contribution is 9.10. The van der Waals surface area contributed by atoms with Gasteiger partial charge in [0.2, 0.25) is 0 Å². The summed E-state index contributed by atoms with van der Waals surface area (Å²) >= 11 is 3.21. The maximum Gasteiger partial charge on any atom is 0.262 e. The molecule has 1 heterocycles. The average Bonchev–Trinajstić information content (AvgIpc) is 2.30. The monoisotopic (exact) mass is 354 g/mol. The molecule has 2 aromatic rings. The first-order chi connectivity index (χ1) is 9.29. The van der Waals surface area contributed by atoms with Crippen molar-refractivity contribution in [3.8, 4) is 0 Å². The van der Waals surface area contributed by atoms with Crippen LogP contribution in [0.3, 0.4) is 0 Å². The number of aryl methyl sites for hydroxylation is 3. The second-order valence-electron chi connectivity index (χ2n) is 4.70. The van der Waals surface area contributed by atoms with E-state index in [9.17, 15) is 8.42 Å². The van der Waals surface area contributed by atoms with E-state index >= 15 is 0 Å². The Morgan fingerprint density at radius 3 is 2.20 bits per heavy atom. The van der Waals surface area contributed by atoms with E-state index in [0.29, 0.717) is 15.2 Å². The first-order valence-corrected chi connectivity index (χ1v) is 8.29. The predicted octanol–water partition coefficient (Wildman–Crippen LogP) is 3.57. The molecule has 0 aliphatic heterocycles. The lowest BCUT2D eigenvalue weighted by atomic mass is 10.1. The Morgan fingerprint density at radius 2 is 1.70 bits per heavy atom. The summed E-state index contributed by atoms with van der Waals surface area (Å²) < 4.78 is 28.2. The smallest absolute Gasteiger partial charge is 0.262 e. The molecular weight excluding hydrogens is 340 g/mol. The first-order valence-electron chi connectivity index (χ1n) is 6.02. The molecule has 2 rings (SSSR count). The lowest BCUT2D eigenvalue weighted by molar-refractivity contribution is 0.600. The molecule has 1 aromatic heterocycles. The summed E-state index contributed by atoms with van der Waals surface area (Å²) in [6, 6.07) is 7.07. The standard InChI is InChI=1S/C14H15BrN2O2S/c1-9-6-10(2)14(11(3)7-9)20(18,19)17-12-4-5-13(15)16-8-12/h4-8,17H,1-3H3. The number of rotatable bonds is 3. The average molecular weight is 355 g/mol. The molecule has 0 amide bonds. The van der Waals surface area contributed by atoms with Crippen LogP contribution >= 0.6 is 15.9 Å². The van der Waals surface area contributed by atoms with Crippen molar-refractivity contribution in [3.05, 3.63) is 51.8 Å². The summed E-state index contributed by atoms with van der Waals surface area (Å²) in [5, 5.41) is 0. The van der Waals surface area contributed by atoms with Crippen molar-refractivity contribution in [2.45, 2.75) is 25.7 Å². The van der Waals surface area contributed by atoms with Crippen LogP contribution in [0.5, 0.6) is 0 Å². The van der Waals surface area contributed by atoms with Gasteiger partial charge in [-0.2, -0.15) is 0 Å². The Labute approximate surface area is 127 Å². The Morgan fingerprint density at radius 1 is 1.10 bits per heavy atom. The van der Waals surface area contributed by atoms with Crippen molar-refractivity contribution in [1.82, 2.24) is 4.98 Å². The van der Waals surface area contributed by atoms with E-state index in [2.05, 4.69) is 25.6 Å². The first kappa shape index (κ1) is 15.0. The zero-order chi connectivity index (χ0) is 14.9. The highest BCUT2D eigenvalue weighted by atomic mass is 79.9. The fourth-order valence-electron chi connectivity index (χ4n) is 2.23. The van der Waals surface area contributed by atoms with Gasteiger partial charge in [0.25, 0.3) is 10.0 Å². The van der Waals surface area contributed by atoms with Crippen LogP contribution in [-0.2, 0) is 10.0 Å². The van der Waals surface area contributed by atoms with Crippen molar-refractivity contribution < 1.29 is 8.42 Å². The van der Waals surface area contributed by atoms with Crippen LogP contribution in [0.4, 0.5) is 5.69 Å². The maximum absolute atomic E-state index is 12.5. The molecule has 0 saturated carbocycles. The number of hydrogen-bond acceptors (Lipinski definition) is 3. The second kappa shape index (κ2) is 5.54. The van der Waals surface area contributed by atoms with E-state index in [1.54, 1.807) is 26.0 Å². The van der Waals surface area contributed by atoms with Crippen molar-refractivity contribution >= 4 is 31.6 Å². The summed E-state index contributed by atoms with van der Waals surface area (Å²) in [5.74, 6) is 0. The highest BCUT2D eigenvalue weighted by Gasteiger charge is 2.20. The quantitative estimate of drug-likeness (QED) is 0.857. The molecule has 1 aromatic carbocycles. The van der Waals surface area contributed by atoms with Crippen LogP contribution < -0.4 is 4.72 Å². The number of benzene rings is 1. The number of nitrogens with zero attached hydrogens (tertiary/aromatic N) is 1. The van der Waals surface area contributed by atoms with Crippen molar-refractivity contribution in [2.24, 2.45) is 0 Å². The van der Waals surface area contributed by atoms with Crippen molar-refractivity contribution in [1.29, 1.82) is 0 Å². The number of aromatic nitrogens is 1. The molecular formula is C14H15BrN2O2S. The van der Waals surface area contributed by atoms with Gasteiger partial charge in [-0.15, -0.1) is 0 Å². The van der Waals surface area contributed by atoms with Gasteiger partial charge in [-0.05, 0) is 60.0 Å². The van der Waals surface area contributed by atoms with Gasteiger partial charge in [0, 0.05) is 0 Å². The van der Waals surface area contributed by atoms with Gasteiger partial charge in [0.05, 0.1) is 16.8 Å². The Hall–Kier alpha value is -1.40. The number of nitrogens with one attached hydrogen (secondary N) is 1. The Balaban J connectivity index is 2.43. The number of halogens is 1. The topological polar surface area (TPSA) is 59.1 Å². The summed E-state index contributed by atoms with van der Waals surface area (Å²) in [4.78, 5) is 4.33. The Kier molecular flexibility index (Phi) is 4.15. The lowest BCUT2D eigenvalue weighted by Crippen LogP contribution is -2.16. The fraction of sp³-hybridized carbons (Fsp3) is 0.214. The molecule has 20 heavy (non-hydrogen) atoms. The third kappa shape index (κ3) is 3.19. The number of pyridine rings is 1.